The van der Waals surface area contributed by atoms with Crippen molar-refractivity contribution in [2.75, 3.05) is 19.1 Å². The minimum Gasteiger partial charge on any atom is -0.493 e. The number of aromatic amines is 1. The summed E-state index contributed by atoms with van der Waals surface area (Å²) < 4.78 is 17.9. The van der Waals surface area contributed by atoms with E-state index in [2.05, 4.69) is 9.97 Å². The minimum atomic E-state index is 0.271. The molecule has 4 aromatic rings. The third-order valence-electron chi connectivity index (χ3n) is 5.78. The van der Waals surface area contributed by atoms with Crippen LogP contribution in [0, 0.1) is 0 Å². The van der Waals surface area contributed by atoms with Crippen LogP contribution in [0.1, 0.15) is 37.1 Å². The van der Waals surface area contributed by atoms with Crippen LogP contribution in [0.2, 0.25) is 0 Å². The number of anilines is 2. The Kier molecular flexibility index (Phi) is 5.24. The molecule has 0 atom stereocenters. The van der Waals surface area contributed by atoms with Gasteiger partial charge in [0.1, 0.15) is 5.52 Å². The predicted molar refractivity (Wildman–Crippen MR) is 119 cm³/mol. The maximum Gasteiger partial charge on any atom is 0.207 e. The largest absolute Gasteiger partial charge is 0.493 e. The normalized spacial score (nSPS) is 14.3. The Morgan fingerprint density at radius 3 is 2.81 bits per heavy atom. The molecule has 0 saturated heterocycles. The Hall–Kier alpha value is -3.48. The van der Waals surface area contributed by atoms with Gasteiger partial charge in [0.05, 0.1) is 18.9 Å². The van der Waals surface area contributed by atoms with Crippen LogP contribution in [-0.2, 0) is 6.42 Å². The fourth-order valence-electron chi connectivity index (χ4n) is 4.16. The van der Waals surface area contributed by atoms with Crippen LogP contribution in [-0.4, -0.2) is 35.2 Å². The molecule has 1 fully saturated rings. The van der Waals surface area contributed by atoms with Crippen molar-refractivity contribution in [3.05, 3.63) is 60.2 Å². The number of benzene rings is 2. The standard InChI is InChI=1S/C24H26N4O3/c1-28(24-25-12-13-26-24)19-9-5-8-18-23(19)31-22(27-18)15-16-10-11-20(29-2)21(14-16)30-17-6-3-4-7-17/h5,8-14,17H,3-4,6-7,15H2,1-2H3,(H,25,26). The molecule has 0 aliphatic heterocycles. The number of oxazole rings is 1. The predicted octanol–water partition coefficient (Wildman–Crippen LogP) is 5.24. The number of H-pyrrole nitrogens is 1. The van der Waals surface area contributed by atoms with Gasteiger partial charge in [-0.3, -0.25) is 0 Å². The smallest absolute Gasteiger partial charge is 0.207 e. The van der Waals surface area contributed by atoms with Gasteiger partial charge in [0.25, 0.3) is 0 Å². The average molecular weight is 418 g/mol. The Morgan fingerprint density at radius 1 is 1.16 bits per heavy atom. The van der Waals surface area contributed by atoms with Crippen LogP contribution in [0.25, 0.3) is 11.1 Å². The first-order valence-corrected chi connectivity index (χ1v) is 10.7. The van der Waals surface area contributed by atoms with E-state index in [-0.39, 0.29) is 6.10 Å². The highest BCUT2D eigenvalue weighted by molar-refractivity contribution is 5.88. The molecule has 0 bridgehead atoms. The second-order valence-electron chi connectivity index (χ2n) is 7.89. The number of fused-ring (bicyclic) bond motifs is 1. The number of rotatable bonds is 7. The number of hydrogen-bond donors (Lipinski definition) is 1. The Bertz CT molecular complexity index is 1160. The maximum atomic E-state index is 6.23. The quantitative estimate of drug-likeness (QED) is 0.442. The first-order valence-electron chi connectivity index (χ1n) is 10.7. The van der Waals surface area contributed by atoms with E-state index in [0.29, 0.717) is 12.3 Å². The van der Waals surface area contributed by atoms with E-state index in [1.807, 2.05) is 48.3 Å². The van der Waals surface area contributed by atoms with Gasteiger partial charge in [-0.05, 0) is 55.5 Å². The third-order valence-corrected chi connectivity index (χ3v) is 5.78. The summed E-state index contributed by atoms with van der Waals surface area (Å²) in [6, 6.07) is 12.0. The second kappa shape index (κ2) is 8.34. The molecule has 2 heterocycles. The maximum absolute atomic E-state index is 6.23. The molecule has 1 aliphatic rings. The summed E-state index contributed by atoms with van der Waals surface area (Å²) in [5.74, 6) is 2.96. The van der Waals surface area contributed by atoms with Gasteiger partial charge >= 0.3 is 0 Å². The highest BCUT2D eigenvalue weighted by Gasteiger charge is 2.20. The fourth-order valence-corrected chi connectivity index (χ4v) is 4.16. The summed E-state index contributed by atoms with van der Waals surface area (Å²) in [6.07, 6.45) is 9.03. The van der Waals surface area contributed by atoms with Crippen molar-refractivity contribution in [2.24, 2.45) is 0 Å². The Balaban J connectivity index is 1.42. The van der Waals surface area contributed by atoms with Gasteiger partial charge in [-0.15, -0.1) is 0 Å². The highest BCUT2D eigenvalue weighted by Crippen LogP contribution is 2.34. The summed E-state index contributed by atoms with van der Waals surface area (Å²) >= 11 is 0. The van der Waals surface area contributed by atoms with Gasteiger partial charge in [0.2, 0.25) is 5.95 Å². The first-order chi connectivity index (χ1) is 15.2. The zero-order chi connectivity index (χ0) is 21.2. The van der Waals surface area contributed by atoms with E-state index >= 15 is 0 Å². The van der Waals surface area contributed by atoms with E-state index in [0.717, 1.165) is 52.6 Å². The summed E-state index contributed by atoms with van der Waals surface area (Å²) in [4.78, 5) is 14.1. The Morgan fingerprint density at radius 2 is 2.03 bits per heavy atom. The monoisotopic (exact) mass is 418 g/mol. The van der Waals surface area contributed by atoms with Crippen molar-refractivity contribution in [1.29, 1.82) is 0 Å². The van der Waals surface area contributed by atoms with Crippen LogP contribution in [0.5, 0.6) is 11.5 Å². The van der Waals surface area contributed by atoms with Crippen molar-refractivity contribution < 1.29 is 13.9 Å². The van der Waals surface area contributed by atoms with Gasteiger partial charge in [-0.2, -0.15) is 0 Å². The van der Waals surface area contributed by atoms with Crippen LogP contribution in [0.3, 0.4) is 0 Å². The fraction of sp³-hybridized carbons (Fsp3) is 0.333. The second-order valence-corrected chi connectivity index (χ2v) is 7.89. The molecule has 0 radical (unpaired) electrons. The third kappa shape index (κ3) is 3.95. The summed E-state index contributed by atoms with van der Waals surface area (Å²) in [6.45, 7) is 0. The Labute approximate surface area is 181 Å². The lowest BCUT2D eigenvalue weighted by molar-refractivity contribution is 0.200. The van der Waals surface area contributed by atoms with Gasteiger partial charge in [-0.25, -0.2) is 9.97 Å². The average Bonchev–Trinajstić information content (AvgIpc) is 3.54. The van der Waals surface area contributed by atoms with Crippen LogP contribution < -0.4 is 14.4 Å². The van der Waals surface area contributed by atoms with Crippen molar-refractivity contribution >= 4 is 22.7 Å². The van der Waals surface area contributed by atoms with Gasteiger partial charge in [0, 0.05) is 25.9 Å². The SMILES string of the molecule is COc1ccc(Cc2nc3cccc(N(C)c4ncc[nH]4)c3o2)cc1OC1CCCC1. The first kappa shape index (κ1) is 19.5. The van der Waals surface area contributed by atoms with E-state index in [1.165, 1.54) is 12.8 Å². The number of nitrogens with one attached hydrogen (secondary N) is 1. The molecule has 2 aromatic heterocycles. The van der Waals surface area contributed by atoms with Gasteiger partial charge < -0.3 is 23.8 Å². The molecular formula is C24H26N4O3. The van der Waals surface area contributed by atoms with E-state index in [4.69, 9.17) is 18.9 Å². The molecule has 0 amide bonds. The molecule has 1 N–H and O–H groups in total. The molecular weight excluding hydrogens is 392 g/mol. The summed E-state index contributed by atoms with van der Waals surface area (Å²) in [5.41, 5.74) is 3.54. The lowest BCUT2D eigenvalue weighted by Gasteiger charge is -2.16. The molecule has 2 aromatic carbocycles. The molecule has 7 heteroatoms. The topological polar surface area (TPSA) is 76.4 Å². The van der Waals surface area contributed by atoms with Crippen molar-refractivity contribution in [3.63, 3.8) is 0 Å². The molecule has 1 saturated carbocycles. The van der Waals surface area contributed by atoms with Crippen molar-refractivity contribution in [1.82, 2.24) is 15.0 Å². The van der Waals surface area contributed by atoms with Gasteiger partial charge in [0.15, 0.2) is 23.0 Å². The van der Waals surface area contributed by atoms with E-state index in [9.17, 15) is 0 Å². The minimum absolute atomic E-state index is 0.271. The molecule has 160 valence electrons. The highest BCUT2D eigenvalue weighted by atomic mass is 16.5. The number of ether oxygens (including phenoxy) is 2. The van der Waals surface area contributed by atoms with Crippen LogP contribution >= 0.6 is 0 Å². The molecule has 5 rings (SSSR count). The number of imidazole rings is 1. The number of aromatic nitrogens is 3. The number of hydrogen-bond acceptors (Lipinski definition) is 6. The molecule has 0 spiro atoms. The number of nitrogens with zero attached hydrogens (tertiary/aromatic N) is 3. The van der Waals surface area contributed by atoms with Crippen molar-refractivity contribution in [3.8, 4) is 11.5 Å². The number of para-hydroxylation sites is 1. The van der Waals surface area contributed by atoms with E-state index in [1.54, 1.807) is 19.5 Å². The molecule has 31 heavy (non-hydrogen) atoms. The molecule has 7 nitrogen and oxygen atoms in total. The van der Waals surface area contributed by atoms with E-state index < -0.39 is 0 Å². The van der Waals surface area contributed by atoms with Crippen LogP contribution in [0.15, 0.2) is 53.2 Å². The summed E-state index contributed by atoms with van der Waals surface area (Å²) in [5, 5.41) is 0. The lowest BCUT2D eigenvalue weighted by Crippen LogP contribution is -2.11. The molecule has 1 aliphatic carbocycles. The van der Waals surface area contributed by atoms with Crippen LogP contribution in [0.4, 0.5) is 11.6 Å². The molecule has 0 unspecified atom stereocenters. The number of methoxy groups -OCH3 is 1. The van der Waals surface area contributed by atoms with Gasteiger partial charge in [-0.1, -0.05) is 12.1 Å². The zero-order valence-corrected chi connectivity index (χ0v) is 17.8. The van der Waals surface area contributed by atoms with Crippen molar-refractivity contribution in [2.45, 2.75) is 38.2 Å². The lowest BCUT2D eigenvalue weighted by atomic mass is 10.1. The summed E-state index contributed by atoms with van der Waals surface area (Å²) in [7, 11) is 3.63. The zero-order valence-electron chi connectivity index (χ0n) is 17.8.